The van der Waals surface area contributed by atoms with Crippen molar-refractivity contribution in [3.8, 4) is 5.75 Å². The van der Waals surface area contributed by atoms with Crippen LogP contribution in [-0.4, -0.2) is 86.0 Å². The number of carbonyl (C=O) groups is 7. The normalized spacial score (nSPS) is 13.4. The van der Waals surface area contributed by atoms with Gasteiger partial charge in [0.05, 0.1) is 20.2 Å². The molecule has 1 aromatic carbocycles. The number of methoxy groups -OCH3 is 1. The van der Waals surface area contributed by atoms with Gasteiger partial charge in [-0.3, -0.25) is 24.0 Å². The Hall–Kier alpha value is -4.69. The van der Waals surface area contributed by atoms with Crippen molar-refractivity contribution in [1.29, 1.82) is 0 Å². The second kappa shape index (κ2) is 22.9. The monoisotopic (exact) mass is 718 g/mol. The van der Waals surface area contributed by atoms with E-state index in [1.165, 1.54) is 7.11 Å². The summed E-state index contributed by atoms with van der Waals surface area (Å²) in [6.07, 6.45) is -0.486. The van der Waals surface area contributed by atoms with Crippen LogP contribution in [0, 0.1) is 23.7 Å². The van der Waals surface area contributed by atoms with Crippen molar-refractivity contribution in [2.24, 2.45) is 23.7 Å². The minimum Gasteiger partial charge on any atom is -0.453 e. The number of rotatable bonds is 21. The van der Waals surface area contributed by atoms with Crippen molar-refractivity contribution in [2.45, 2.75) is 105 Å². The Morgan fingerprint density at radius 1 is 0.510 bits per heavy atom. The molecule has 0 aromatic heterocycles. The largest absolute Gasteiger partial charge is 0.453 e. The summed E-state index contributed by atoms with van der Waals surface area (Å²) in [7, 11) is 1.18. The molecule has 0 spiro atoms. The van der Waals surface area contributed by atoms with Crippen LogP contribution in [0.5, 0.6) is 5.75 Å². The molecule has 0 heterocycles. The molecule has 1 aromatic rings. The summed E-state index contributed by atoms with van der Waals surface area (Å²) < 4.78 is 9.90. The van der Waals surface area contributed by atoms with Crippen LogP contribution in [0.25, 0.3) is 0 Å². The first-order valence-corrected chi connectivity index (χ1v) is 17.5. The van der Waals surface area contributed by atoms with Gasteiger partial charge in [-0.05, 0) is 61.5 Å². The van der Waals surface area contributed by atoms with Gasteiger partial charge in [-0.25, -0.2) is 9.59 Å². The number of benzene rings is 1. The quantitative estimate of drug-likeness (QED) is 0.110. The maximum atomic E-state index is 13.3. The van der Waals surface area contributed by atoms with Crippen LogP contribution < -0.4 is 36.6 Å². The summed E-state index contributed by atoms with van der Waals surface area (Å²) in [5.41, 5.74) is 0. The number of ketones is 1. The lowest BCUT2D eigenvalue weighted by Crippen LogP contribution is -2.56. The van der Waals surface area contributed by atoms with E-state index in [4.69, 9.17) is 4.74 Å². The van der Waals surface area contributed by atoms with E-state index >= 15 is 0 Å². The molecule has 51 heavy (non-hydrogen) atoms. The lowest BCUT2D eigenvalue weighted by atomic mass is 10.00. The molecular formula is C36H58N6O9. The third-order valence-electron chi connectivity index (χ3n) is 7.37. The summed E-state index contributed by atoms with van der Waals surface area (Å²) in [6.45, 7) is 14.2. The average Bonchev–Trinajstić information content (AvgIpc) is 3.04. The van der Waals surface area contributed by atoms with Crippen LogP contribution in [0.4, 0.5) is 9.59 Å². The van der Waals surface area contributed by atoms with Gasteiger partial charge in [0.2, 0.25) is 23.6 Å². The topological polar surface area (TPSA) is 210 Å². The number of nitrogens with one attached hydrogen (secondary N) is 6. The molecule has 0 aliphatic rings. The number of ether oxygens (including phenoxy) is 2. The number of carbonyl (C=O) groups excluding carboxylic acids is 7. The van der Waals surface area contributed by atoms with E-state index in [9.17, 15) is 33.6 Å². The maximum absolute atomic E-state index is 13.3. The molecule has 0 radical (unpaired) electrons. The Labute approximate surface area is 301 Å². The van der Waals surface area contributed by atoms with Crippen LogP contribution in [-0.2, 0) is 28.7 Å². The fraction of sp³-hybridized carbons (Fsp3) is 0.639. The minimum atomic E-state index is -1.01. The molecule has 6 N–H and O–H groups in total. The Bertz CT molecular complexity index is 1300. The summed E-state index contributed by atoms with van der Waals surface area (Å²) >= 11 is 0. The predicted octanol–water partition coefficient (Wildman–Crippen LogP) is 2.82. The molecule has 6 amide bonds. The molecule has 286 valence electrons. The Kier molecular flexibility index (Phi) is 19.9. The summed E-state index contributed by atoms with van der Waals surface area (Å²) in [4.78, 5) is 89.8. The number of hydrogen-bond acceptors (Lipinski definition) is 9. The second-order valence-corrected chi connectivity index (χ2v) is 14.2. The van der Waals surface area contributed by atoms with E-state index in [0.717, 1.165) is 0 Å². The van der Waals surface area contributed by atoms with Gasteiger partial charge in [0.1, 0.15) is 29.9 Å². The van der Waals surface area contributed by atoms with Gasteiger partial charge >= 0.3 is 12.2 Å². The van der Waals surface area contributed by atoms with Crippen LogP contribution in [0.1, 0.15) is 81.1 Å². The molecule has 0 saturated heterocycles. The third kappa shape index (κ3) is 18.8. The van der Waals surface area contributed by atoms with Crippen LogP contribution in [0.15, 0.2) is 30.3 Å². The van der Waals surface area contributed by atoms with Crippen molar-refractivity contribution in [1.82, 2.24) is 31.9 Å². The van der Waals surface area contributed by atoms with Gasteiger partial charge in [-0.2, -0.15) is 0 Å². The fourth-order valence-corrected chi connectivity index (χ4v) is 5.01. The van der Waals surface area contributed by atoms with Crippen molar-refractivity contribution in [2.75, 3.05) is 20.2 Å². The summed E-state index contributed by atoms with van der Waals surface area (Å²) in [5.74, 6) is -2.49. The van der Waals surface area contributed by atoms with Gasteiger partial charge in [-0.1, -0.05) is 73.6 Å². The molecule has 15 nitrogen and oxygen atoms in total. The zero-order valence-corrected chi connectivity index (χ0v) is 31.4. The second-order valence-electron chi connectivity index (χ2n) is 14.2. The number of alkyl carbamates (subject to hydrolysis) is 1. The highest BCUT2D eigenvalue weighted by atomic mass is 16.6. The standard InChI is InChI=1S/C36H58N6O9/c1-21(2)15-27(39-33(46)29(17-23(5)6)41-35(48)50-9)31(44)37-19-25(43)20-38-32(45)28(16-22(3)4)40-34(47)30(18-24(7)8)42-36(49)51-26-13-11-10-12-14-26/h10-14,21-24,27-30H,15-20H2,1-9H3,(H,37,44)(H,38,45)(H,39,46)(H,40,47)(H,41,48)(H,42,49)/t27-,28+,29+,30-/m0/s1. The first kappa shape index (κ1) is 44.3. The number of hydrogen-bond donors (Lipinski definition) is 6. The summed E-state index contributed by atoms with van der Waals surface area (Å²) in [6, 6.07) is 4.46. The molecular weight excluding hydrogens is 660 g/mol. The lowest BCUT2D eigenvalue weighted by Gasteiger charge is -2.25. The zero-order valence-electron chi connectivity index (χ0n) is 31.4. The Balaban J connectivity index is 2.85. The number of amides is 6. The highest BCUT2D eigenvalue weighted by molar-refractivity contribution is 5.96. The van der Waals surface area contributed by atoms with E-state index in [1.54, 1.807) is 30.3 Å². The van der Waals surface area contributed by atoms with Crippen molar-refractivity contribution < 1.29 is 43.0 Å². The van der Waals surface area contributed by atoms with Gasteiger partial charge in [0.15, 0.2) is 5.78 Å². The molecule has 0 saturated carbocycles. The van der Waals surface area contributed by atoms with Gasteiger partial charge in [0.25, 0.3) is 0 Å². The van der Waals surface area contributed by atoms with Crippen molar-refractivity contribution in [3.63, 3.8) is 0 Å². The molecule has 0 aliphatic carbocycles. The number of para-hydroxylation sites is 1. The van der Waals surface area contributed by atoms with E-state index in [2.05, 4.69) is 36.6 Å². The molecule has 15 heteroatoms. The van der Waals surface area contributed by atoms with Crippen LogP contribution in [0.2, 0.25) is 0 Å². The van der Waals surface area contributed by atoms with E-state index < -0.39 is 78.9 Å². The van der Waals surface area contributed by atoms with E-state index in [0.29, 0.717) is 12.2 Å². The molecule has 0 bridgehead atoms. The van der Waals surface area contributed by atoms with Crippen molar-refractivity contribution >= 4 is 41.6 Å². The van der Waals surface area contributed by atoms with Crippen LogP contribution >= 0.6 is 0 Å². The predicted molar refractivity (Wildman–Crippen MR) is 191 cm³/mol. The first-order chi connectivity index (χ1) is 23.9. The minimum absolute atomic E-state index is 0.00565. The van der Waals surface area contributed by atoms with Gasteiger partial charge in [-0.15, -0.1) is 0 Å². The number of Topliss-reactive ketones (excluding diaryl/α,β-unsaturated/α-hetero) is 1. The first-order valence-electron chi connectivity index (χ1n) is 17.5. The summed E-state index contributed by atoms with van der Waals surface area (Å²) in [5, 5.41) is 15.5. The Morgan fingerprint density at radius 2 is 0.863 bits per heavy atom. The van der Waals surface area contributed by atoms with Crippen molar-refractivity contribution in [3.05, 3.63) is 30.3 Å². The lowest BCUT2D eigenvalue weighted by molar-refractivity contribution is -0.132. The maximum Gasteiger partial charge on any atom is 0.413 e. The highest BCUT2D eigenvalue weighted by Crippen LogP contribution is 2.12. The molecule has 1 rings (SSSR count). The van der Waals surface area contributed by atoms with Gasteiger partial charge < -0.3 is 41.4 Å². The fourth-order valence-electron chi connectivity index (χ4n) is 5.01. The van der Waals surface area contributed by atoms with E-state index in [1.807, 2.05) is 55.4 Å². The van der Waals surface area contributed by atoms with Crippen LogP contribution in [0.3, 0.4) is 0 Å². The van der Waals surface area contributed by atoms with Gasteiger partial charge in [0, 0.05) is 0 Å². The smallest absolute Gasteiger partial charge is 0.413 e. The molecule has 0 aliphatic heterocycles. The van der Waals surface area contributed by atoms with E-state index in [-0.39, 0.29) is 42.9 Å². The Morgan fingerprint density at radius 3 is 1.22 bits per heavy atom. The zero-order chi connectivity index (χ0) is 38.7. The SMILES string of the molecule is COC(=O)N[C@H](CC(C)C)C(=O)N[C@@H](CC(C)C)C(=O)NCC(=O)CNC(=O)[C@@H](CC(C)C)NC(=O)[C@H](CC(C)C)NC(=O)Oc1ccccc1. The average molecular weight is 719 g/mol. The molecule has 0 fully saturated rings. The molecule has 4 atom stereocenters. The third-order valence-corrected chi connectivity index (χ3v) is 7.37. The highest BCUT2D eigenvalue weighted by Gasteiger charge is 2.30. The molecule has 0 unspecified atom stereocenters.